The molecule has 0 saturated carbocycles. The first-order valence-electron chi connectivity index (χ1n) is 5.60. The van der Waals surface area contributed by atoms with E-state index in [9.17, 15) is 8.60 Å². The van der Waals surface area contributed by atoms with Crippen molar-refractivity contribution in [3.63, 3.8) is 0 Å². The Labute approximate surface area is 108 Å². The molecule has 0 saturated heterocycles. The Balaban J connectivity index is 2.34. The van der Waals surface area contributed by atoms with Crippen LogP contribution >= 0.6 is 0 Å². The van der Waals surface area contributed by atoms with Crippen LogP contribution in [0.25, 0.3) is 0 Å². The van der Waals surface area contributed by atoms with Gasteiger partial charge in [0.05, 0.1) is 20.9 Å². The molecule has 2 N–H and O–H groups in total. The highest BCUT2D eigenvalue weighted by Gasteiger charge is 2.18. The zero-order valence-corrected chi connectivity index (χ0v) is 10.8. The van der Waals surface area contributed by atoms with Crippen molar-refractivity contribution >= 4 is 16.5 Å². The molecule has 0 aromatic heterocycles. The largest absolute Gasteiger partial charge is 0.398 e. The van der Waals surface area contributed by atoms with E-state index >= 15 is 0 Å². The molecular weight excluding hydrogens is 249 g/mol. The van der Waals surface area contributed by atoms with E-state index in [4.69, 9.17) is 5.73 Å². The summed E-state index contributed by atoms with van der Waals surface area (Å²) in [4.78, 5) is 0.353. The van der Waals surface area contributed by atoms with Crippen molar-refractivity contribution in [2.24, 2.45) is 0 Å². The van der Waals surface area contributed by atoms with Crippen LogP contribution in [0.1, 0.15) is 17.7 Å². The summed E-state index contributed by atoms with van der Waals surface area (Å²) in [6, 6.07) is 13.4. The van der Waals surface area contributed by atoms with E-state index in [1.54, 1.807) is 0 Å². The molecular formula is C14H14FNOS. The number of anilines is 1. The van der Waals surface area contributed by atoms with E-state index < -0.39 is 16.6 Å². The molecule has 18 heavy (non-hydrogen) atoms. The van der Waals surface area contributed by atoms with Gasteiger partial charge in [-0.05, 0) is 30.7 Å². The average molecular weight is 263 g/mol. The minimum absolute atomic E-state index is 0.227. The van der Waals surface area contributed by atoms with Crippen LogP contribution in [0.2, 0.25) is 0 Å². The smallest absolute Gasteiger partial charge is 0.124 e. The normalized spacial score (nSPS) is 14.1. The Morgan fingerprint density at radius 1 is 1.17 bits per heavy atom. The lowest BCUT2D eigenvalue weighted by molar-refractivity contribution is 0.622. The molecule has 0 aliphatic carbocycles. The summed E-state index contributed by atoms with van der Waals surface area (Å²) in [5.41, 5.74) is 7.05. The zero-order valence-electron chi connectivity index (χ0n) is 9.97. The van der Waals surface area contributed by atoms with Gasteiger partial charge in [0.2, 0.25) is 0 Å². The number of nitrogens with two attached hydrogens (primary N) is 1. The van der Waals surface area contributed by atoms with Gasteiger partial charge in [-0.1, -0.05) is 30.3 Å². The zero-order chi connectivity index (χ0) is 13.1. The van der Waals surface area contributed by atoms with Crippen molar-refractivity contribution in [2.45, 2.75) is 17.1 Å². The molecule has 0 aliphatic heterocycles. The van der Waals surface area contributed by atoms with E-state index in [2.05, 4.69) is 0 Å². The van der Waals surface area contributed by atoms with Gasteiger partial charge in [0.25, 0.3) is 0 Å². The lowest BCUT2D eigenvalue weighted by atomic mass is 10.2. The summed E-state index contributed by atoms with van der Waals surface area (Å²) in [6.07, 6.45) is 0. The highest BCUT2D eigenvalue weighted by molar-refractivity contribution is 7.85. The molecule has 4 heteroatoms. The molecule has 2 unspecified atom stereocenters. The molecule has 2 aromatic rings. The van der Waals surface area contributed by atoms with Crippen molar-refractivity contribution in [3.8, 4) is 0 Å². The number of halogens is 1. The highest BCUT2D eigenvalue weighted by atomic mass is 32.2. The quantitative estimate of drug-likeness (QED) is 0.864. The minimum Gasteiger partial charge on any atom is -0.398 e. The molecule has 2 nitrogen and oxygen atoms in total. The van der Waals surface area contributed by atoms with Gasteiger partial charge < -0.3 is 5.73 Å². The predicted octanol–water partition coefficient (Wildman–Crippen LogP) is 3.28. The summed E-state index contributed by atoms with van der Waals surface area (Å²) in [7, 11) is -1.37. The molecule has 0 heterocycles. The van der Waals surface area contributed by atoms with Crippen LogP contribution < -0.4 is 5.73 Å². The third kappa shape index (κ3) is 2.59. The fourth-order valence-corrected chi connectivity index (χ4v) is 3.03. The Hall–Kier alpha value is -1.68. The number of benzene rings is 2. The number of hydrogen-bond acceptors (Lipinski definition) is 2. The number of hydrogen-bond donors (Lipinski definition) is 1. The summed E-state index contributed by atoms with van der Waals surface area (Å²) < 4.78 is 25.6. The predicted molar refractivity (Wildman–Crippen MR) is 72.1 cm³/mol. The molecule has 0 fully saturated rings. The molecule has 0 bridgehead atoms. The van der Waals surface area contributed by atoms with Crippen molar-refractivity contribution in [1.29, 1.82) is 0 Å². The first kappa shape index (κ1) is 12.8. The molecule has 2 atom stereocenters. The third-order valence-electron chi connectivity index (χ3n) is 2.78. The first-order chi connectivity index (χ1) is 8.59. The lowest BCUT2D eigenvalue weighted by Gasteiger charge is -2.13. The second kappa shape index (κ2) is 5.31. The van der Waals surface area contributed by atoms with Crippen molar-refractivity contribution < 1.29 is 8.60 Å². The maximum atomic E-state index is 13.2. The molecule has 2 aromatic carbocycles. The second-order valence-corrected chi connectivity index (χ2v) is 5.77. The SMILES string of the molecule is CC(c1ccccc1)S(=O)c1cc(F)ccc1N. The van der Waals surface area contributed by atoms with Crippen molar-refractivity contribution in [2.75, 3.05) is 5.73 Å². The van der Waals surface area contributed by atoms with E-state index in [0.29, 0.717) is 10.6 Å². The van der Waals surface area contributed by atoms with E-state index in [-0.39, 0.29) is 5.25 Å². The van der Waals surface area contributed by atoms with Gasteiger partial charge in [-0.15, -0.1) is 0 Å². The van der Waals surface area contributed by atoms with Gasteiger partial charge >= 0.3 is 0 Å². The maximum Gasteiger partial charge on any atom is 0.124 e. The van der Waals surface area contributed by atoms with Crippen molar-refractivity contribution in [3.05, 3.63) is 59.9 Å². The first-order valence-corrected chi connectivity index (χ1v) is 6.81. The Morgan fingerprint density at radius 3 is 2.50 bits per heavy atom. The maximum absolute atomic E-state index is 13.2. The lowest BCUT2D eigenvalue weighted by Crippen LogP contribution is -2.06. The van der Waals surface area contributed by atoms with Gasteiger partial charge in [-0.2, -0.15) is 0 Å². The summed E-state index contributed by atoms with van der Waals surface area (Å²) in [6.45, 7) is 1.84. The van der Waals surface area contributed by atoms with Crippen molar-refractivity contribution in [1.82, 2.24) is 0 Å². The van der Waals surface area contributed by atoms with Gasteiger partial charge in [-0.25, -0.2) is 4.39 Å². The summed E-state index contributed by atoms with van der Waals surface area (Å²) >= 11 is 0. The monoisotopic (exact) mass is 263 g/mol. The molecule has 0 aliphatic rings. The molecule has 0 spiro atoms. The van der Waals surface area contributed by atoms with E-state index in [0.717, 1.165) is 5.56 Å². The summed E-state index contributed by atoms with van der Waals surface area (Å²) in [5, 5.41) is -0.227. The molecule has 2 rings (SSSR count). The molecule has 0 amide bonds. The topological polar surface area (TPSA) is 43.1 Å². The number of nitrogen functional groups attached to an aromatic ring is 1. The van der Waals surface area contributed by atoms with Gasteiger partial charge in [0.15, 0.2) is 0 Å². The van der Waals surface area contributed by atoms with Gasteiger partial charge in [0, 0.05) is 5.69 Å². The average Bonchev–Trinajstić information content (AvgIpc) is 2.41. The van der Waals surface area contributed by atoms with E-state index in [1.807, 2.05) is 37.3 Å². The van der Waals surface area contributed by atoms with Gasteiger partial charge in [0.1, 0.15) is 5.82 Å². The third-order valence-corrected chi connectivity index (χ3v) is 4.48. The van der Waals surface area contributed by atoms with Crippen LogP contribution in [0.4, 0.5) is 10.1 Å². The molecule has 0 radical (unpaired) electrons. The van der Waals surface area contributed by atoms with Crippen LogP contribution in [0, 0.1) is 5.82 Å². The second-order valence-electron chi connectivity index (χ2n) is 4.03. The Bertz CT molecular complexity index is 571. The Kier molecular flexibility index (Phi) is 3.77. The Morgan fingerprint density at radius 2 is 1.83 bits per heavy atom. The number of rotatable bonds is 3. The van der Waals surface area contributed by atoms with Gasteiger partial charge in [-0.3, -0.25) is 4.21 Å². The standard InChI is InChI=1S/C14H14FNOS/c1-10(11-5-3-2-4-6-11)18(17)14-9-12(15)7-8-13(14)16/h2-10H,16H2,1H3. The fraction of sp³-hybridized carbons (Fsp3) is 0.143. The van der Waals surface area contributed by atoms with Crippen LogP contribution in [0.15, 0.2) is 53.4 Å². The highest BCUT2D eigenvalue weighted by Crippen LogP contribution is 2.28. The molecule has 94 valence electrons. The minimum atomic E-state index is -1.37. The van der Waals surface area contributed by atoms with Crippen LogP contribution in [0.5, 0.6) is 0 Å². The summed E-state index contributed by atoms with van der Waals surface area (Å²) in [5.74, 6) is -0.423. The van der Waals surface area contributed by atoms with E-state index in [1.165, 1.54) is 18.2 Å². The fourth-order valence-electron chi connectivity index (χ4n) is 1.72. The van der Waals surface area contributed by atoms with Crippen LogP contribution in [-0.4, -0.2) is 4.21 Å². The van der Waals surface area contributed by atoms with Crippen LogP contribution in [0.3, 0.4) is 0 Å². The van der Waals surface area contributed by atoms with Crippen LogP contribution in [-0.2, 0) is 10.8 Å².